The van der Waals surface area contributed by atoms with Crippen LogP contribution < -0.4 is 5.32 Å². The van der Waals surface area contributed by atoms with Crippen LogP contribution in [0.25, 0.3) is 0 Å². The standard InChI is InChI=1S/C15H22BrFN2O/c1-10(2)19(11(3)4)8-7-18-15(20)12-5-6-13(16)14(17)9-12/h5-6,9-11H,7-8H2,1-4H3,(H,18,20). The van der Waals surface area contributed by atoms with E-state index in [1.165, 1.54) is 6.07 Å². The van der Waals surface area contributed by atoms with E-state index in [4.69, 9.17) is 0 Å². The number of benzene rings is 1. The molecule has 0 heterocycles. The van der Waals surface area contributed by atoms with Gasteiger partial charge in [0.25, 0.3) is 5.91 Å². The molecule has 0 radical (unpaired) electrons. The third-order valence-corrected chi connectivity index (χ3v) is 3.81. The molecule has 0 aromatic heterocycles. The SMILES string of the molecule is CC(C)N(CCNC(=O)c1ccc(Br)c(F)c1)C(C)C. The summed E-state index contributed by atoms with van der Waals surface area (Å²) in [5, 5.41) is 2.82. The van der Waals surface area contributed by atoms with E-state index in [0.29, 0.717) is 28.7 Å². The van der Waals surface area contributed by atoms with E-state index in [0.717, 1.165) is 6.54 Å². The summed E-state index contributed by atoms with van der Waals surface area (Å²) in [6.45, 7) is 9.85. The molecule has 0 saturated heterocycles. The monoisotopic (exact) mass is 344 g/mol. The summed E-state index contributed by atoms with van der Waals surface area (Å²) in [5.41, 5.74) is 0.339. The van der Waals surface area contributed by atoms with Gasteiger partial charge in [-0.2, -0.15) is 0 Å². The van der Waals surface area contributed by atoms with Gasteiger partial charge in [-0.15, -0.1) is 0 Å². The first-order valence-corrected chi connectivity index (χ1v) is 7.61. The highest BCUT2D eigenvalue weighted by Crippen LogP contribution is 2.16. The summed E-state index contributed by atoms with van der Waals surface area (Å²) >= 11 is 3.07. The molecule has 0 bridgehead atoms. The Morgan fingerprint density at radius 2 is 1.90 bits per heavy atom. The van der Waals surface area contributed by atoms with Crippen molar-refractivity contribution in [2.75, 3.05) is 13.1 Å². The first kappa shape index (κ1) is 17.1. The summed E-state index contributed by atoms with van der Waals surface area (Å²) in [6, 6.07) is 5.24. The van der Waals surface area contributed by atoms with Crippen LogP contribution >= 0.6 is 15.9 Å². The summed E-state index contributed by atoms with van der Waals surface area (Å²) in [5.74, 6) is -0.674. The molecule has 0 aliphatic rings. The molecule has 1 aromatic carbocycles. The van der Waals surface area contributed by atoms with E-state index < -0.39 is 5.82 Å². The highest BCUT2D eigenvalue weighted by Gasteiger charge is 2.14. The number of halogens is 2. The molecule has 1 N–H and O–H groups in total. The first-order valence-electron chi connectivity index (χ1n) is 6.82. The predicted octanol–water partition coefficient (Wildman–Crippen LogP) is 3.44. The van der Waals surface area contributed by atoms with Gasteiger partial charge in [0.15, 0.2) is 0 Å². The maximum atomic E-state index is 13.4. The molecular formula is C15H22BrFN2O. The van der Waals surface area contributed by atoms with Crippen molar-refractivity contribution in [3.05, 3.63) is 34.1 Å². The smallest absolute Gasteiger partial charge is 0.251 e. The zero-order valence-electron chi connectivity index (χ0n) is 12.4. The molecule has 0 saturated carbocycles. The lowest BCUT2D eigenvalue weighted by Gasteiger charge is -2.30. The molecule has 5 heteroatoms. The Labute approximate surface area is 128 Å². The number of carbonyl (C=O) groups is 1. The van der Waals surface area contributed by atoms with E-state index >= 15 is 0 Å². The largest absolute Gasteiger partial charge is 0.351 e. The normalized spacial score (nSPS) is 11.4. The van der Waals surface area contributed by atoms with Crippen LogP contribution in [0.2, 0.25) is 0 Å². The second-order valence-corrected chi connectivity index (χ2v) is 6.16. The molecule has 1 aromatic rings. The van der Waals surface area contributed by atoms with Crippen LogP contribution in [0.3, 0.4) is 0 Å². The van der Waals surface area contributed by atoms with Crippen LogP contribution in [0.4, 0.5) is 4.39 Å². The topological polar surface area (TPSA) is 32.3 Å². The number of rotatable bonds is 6. The van der Waals surface area contributed by atoms with Crippen molar-refractivity contribution in [1.29, 1.82) is 0 Å². The zero-order chi connectivity index (χ0) is 15.3. The Kier molecular flexibility index (Phi) is 6.62. The van der Waals surface area contributed by atoms with Gasteiger partial charge < -0.3 is 5.32 Å². The second kappa shape index (κ2) is 7.74. The molecule has 1 rings (SSSR count). The fraction of sp³-hybridized carbons (Fsp3) is 0.533. The van der Waals surface area contributed by atoms with Crippen molar-refractivity contribution in [1.82, 2.24) is 10.2 Å². The van der Waals surface area contributed by atoms with Crippen molar-refractivity contribution >= 4 is 21.8 Å². The molecule has 112 valence electrons. The van der Waals surface area contributed by atoms with Gasteiger partial charge in [-0.1, -0.05) is 0 Å². The first-order chi connectivity index (χ1) is 9.32. The Bertz CT molecular complexity index is 455. The summed E-state index contributed by atoms with van der Waals surface area (Å²) in [7, 11) is 0. The Morgan fingerprint density at radius 1 is 1.30 bits per heavy atom. The Balaban J connectivity index is 2.53. The van der Waals surface area contributed by atoms with Crippen LogP contribution in [0.5, 0.6) is 0 Å². The van der Waals surface area contributed by atoms with E-state index in [-0.39, 0.29) is 5.91 Å². The number of hydrogen-bond acceptors (Lipinski definition) is 2. The van der Waals surface area contributed by atoms with Crippen molar-refractivity contribution in [3.63, 3.8) is 0 Å². The average molecular weight is 345 g/mol. The third-order valence-electron chi connectivity index (χ3n) is 3.16. The molecule has 0 aliphatic heterocycles. The van der Waals surface area contributed by atoms with Crippen LogP contribution in [-0.2, 0) is 0 Å². The van der Waals surface area contributed by atoms with Gasteiger partial charge in [-0.3, -0.25) is 9.69 Å². The molecule has 0 unspecified atom stereocenters. The van der Waals surface area contributed by atoms with Crippen molar-refractivity contribution in [3.8, 4) is 0 Å². The van der Waals surface area contributed by atoms with Gasteiger partial charge in [0.1, 0.15) is 5.82 Å². The van der Waals surface area contributed by atoms with E-state index in [2.05, 4.69) is 53.8 Å². The molecule has 3 nitrogen and oxygen atoms in total. The Hall–Kier alpha value is -0.940. The number of nitrogens with one attached hydrogen (secondary N) is 1. The highest BCUT2D eigenvalue weighted by molar-refractivity contribution is 9.10. The van der Waals surface area contributed by atoms with Gasteiger partial charge in [0.2, 0.25) is 0 Å². The molecule has 0 fully saturated rings. The summed E-state index contributed by atoms with van der Waals surface area (Å²) in [6.07, 6.45) is 0. The van der Waals surface area contributed by atoms with Gasteiger partial charge in [0, 0.05) is 30.7 Å². The maximum absolute atomic E-state index is 13.4. The molecule has 0 aliphatic carbocycles. The summed E-state index contributed by atoms with van der Waals surface area (Å²) < 4.78 is 13.7. The lowest BCUT2D eigenvalue weighted by molar-refractivity contribution is 0.0939. The number of hydrogen-bond donors (Lipinski definition) is 1. The minimum atomic E-state index is -0.427. The number of amides is 1. The second-order valence-electron chi connectivity index (χ2n) is 5.31. The Morgan fingerprint density at radius 3 is 2.40 bits per heavy atom. The minimum Gasteiger partial charge on any atom is -0.351 e. The van der Waals surface area contributed by atoms with Gasteiger partial charge in [0.05, 0.1) is 4.47 Å². The number of nitrogens with zero attached hydrogens (tertiary/aromatic N) is 1. The van der Waals surface area contributed by atoms with Crippen LogP contribution in [0.15, 0.2) is 22.7 Å². The van der Waals surface area contributed by atoms with E-state index in [1.807, 2.05) is 0 Å². The molecule has 0 spiro atoms. The number of carbonyl (C=O) groups excluding carboxylic acids is 1. The molecule has 1 amide bonds. The summed E-state index contributed by atoms with van der Waals surface area (Å²) in [4.78, 5) is 14.2. The third kappa shape index (κ3) is 4.87. The van der Waals surface area contributed by atoms with E-state index in [1.54, 1.807) is 12.1 Å². The fourth-order valence-electron chi connectivity index (χ4n) is 2.15. The predicted molar refractivity (Wildman–Crippen MR) is 83.4 cm³/mol. The lowest BCUT2D eigenvalue weighted by atomic mass is 10.2. The van der Waals surface area contributed by atoms with Gasteiger partial charge in [-0.25, -0.2) is 4.39 Å². The van der Waals surface area contributed by atoms with E-state index in [9.17, 15) is 9.18 Å². The molecule has 20 heavy (non-hydrogen) atoms. The highest BCUT2D eigenvalue weighted by atomic mass is 79.9. The van der Waals surface area contributed by atoms with Crippen LogP contribution in [0, 0.1) is 5.82 Å². The average Bonchev–Trinajstić information content (AvgIpc) is 2.36. The lowest BCUT2D eigenvalue weighted by Crippen LogP contribution is -2.42. The van der Waals surface area contributed by atoms with Crippen molar-refractivity contribution in [2.24, 2.45) is 0 Å². The molecule has 0 atom stereocenters. The maximum Gasteiger partial charge on any atom is 0.251 e. The van der Waals surface area contributed by atoms with Crippen molar-refractivity contribution in [2.45, 2.75) is 39.8 Å². The zero-order valence-corrected chi connectivity index (χ0v) is 14.0. The van der Waals surface area contributed by atoms with Crippen LogP contribution in [-0.4, -0.2) is 36.0 Å². The van der Waals surface area contributed by atoms with Gasteiger partial charge in [-0.05, 0) is 61.8 Å². The van der Waals surface area contributed by atoms with Gasteiger partial charge >= 0.3 is 0 Å². The van der Waals surface area contributed by atoms with Crippen LogP contribution in [0.1, 0.15) is 38.1 Å². The molecular weight excluding hydrogens is 323 g/mol. The quantitative estimate of drug-likeness (QED) is 0.857. The fourth-order valence-corrected chi connectivity index (χ4v) is 2.40. The van der Waals surface area contributed by atoms with Crippen molar-refractivity contribution < 1.29 is 9.18 Å². The minimum absolute atomic E-state index is 0.246.